The first kappa shape index (κ1) is 17.2. The average molecular weight is 342 g/mol. The first-order chi connectivity index (χ1) is 12.2. The van der Waals surface area contributed by atoms with Gasteiger partial charge in [-0.25, -0.2) is 0 Å². The molecular weight excluding hydrogens is 320 g/mol. The summed E-state index contributed by atoms with van der Waals surface area (Å²) in [6.45, 7) is 2.60. The van der Waals surface area contributed by atoms with Crippen molar-refractivity contribution in [2.75, 3.05) is 25.1 Å². The monoisotopic (exact) mass is 342 g/mol. The number of anilines is 1. The van der Waals surface area contributed by atoms with Gasteiger partial charge in [-0.1, -0.05) is 18.2 Å². The van der Waals surface area contributed by atoms with E-state index in [0.29, 0.717) is 6.04 Å². The molecule has 0 amide bonds. The third-order valence-corrected chi connectivity index (χ3v) is 4.55. The summed E-state index contributed by atoms with van der Waals surface area (Å²) in [7, 11) is 1.69. The molecule has 1 N–H and O–H groups in total. The highest BCUT2D eigenvalue weighted by Crippen LogP contribution is 2.22. The summed E-state index contributed by atoms with van der Waals surface area (Å²) in [4.78, 5) is 16.3. The number of hydrogen-bond acceptors (Lipinski definition) is 6. The highest BCUT2D eigenvalue weighted by atomic mass is 16.6. The van der Waals surface area contributed by atoms with Crippen LogP contribution in [0.2, 0.25) is 0 Å². The summed E-state index contributed by atoms with van der Waals surface area (Å²) in [5.74, 6) is 0.793. The van der Waals surface area contributed by atoms with Crippen molar-refractivity contribution in [2.45, 2.75) is 25.4 Å². The molecule has 1 fully saturated rings. The molecule has 0 aliphatic carbocycles. The first-order valence-electron chi connectivity index (χ1n) is 8.38. The van der Waals surface area contributed by atoms with Gasteiger partial charge in [-0.3, -0.25) is 0 Å². The number of aromatic nitrogens is 1. The molecule has 7 heteroatoms. The SMILES string of the molecule is COc1ccccc1CNC1CCN(c2ccc([N+](=O)[O-])nc2)CC1. The third kappa shape index (κ3) is 4.24. The molecule has 25 heavy (non-hydrogen) atoms. The molecule has 0 saturated carbocycles. The lowest BCUT2D eigenvalue weighted by Gasteiger charge is -2.33. The van der Waals surface area contributed by atoms with Gasteiger partial charge in [0.2, 0.25) is 0 Å². The zero-order valence-electron chi connectivity index (χ0n) is 14.2. The number of nitro groups is 1. The van der Waals surface area contributed by atoms with Crippen molar-refractivity contribution in [3.8, 4) is 5.75 Å². The van der Waals surface area contributed by atoms with E-state index in [0.717, 1.165) is 49.5 Å². The summed E-state index contributed by atoms with van der Waals surface area (Å²) in [6, 6.07) is 11.7. The van der Waals surface area contributed by atoms with Crippen LogP contribution in [0.15, 0.2) is 42.6 Å². The number of benzene rings is 1. The molecule has 2 aromatic rings. The van der Waals surface area contributed by atoms with E-state index in [1.165, 1.54) is 6.07 Å². The normalized spacial score (nSPS) is 15.2. The largest absolute Gasteiger partial charge is 0.496 e. The maximum Gasteiger partial charge on any atom is 0.363 e. The number of piperidine rings is 1. The Bertz CT molecular complexity index is 713. The van der Waals surface area contributed by atoms with E-state index in [-0.39, 0.29) is 5.82 Å². The van der Waals surface area contributed by atoms with E-state index >= 15 is 0 Å². The Morgan fingerprint density at radius 2 is 2.04 bits per heavy atom. The molecule has 2 heterocycles. The number of nitrogens with zero attached hydrogens (tertiary/aromatic N) is 3. The molecule has 1 aliphatic rings. The van der Waals surface area contributed by atoms with Gasteiger partial charge >= 0.3 is 5.82 Å². The first-order valence-corrected chi connectivity index (χ1v) is 8.38. The second-order valence-electron chi connectivity index (χ2n) is 6.09. The van der Waals surface area contributed by atoms with Gasteiger partial charge in [0.25, 0.3) is 0 Å². The Hall–Kier alpha value is -2.67. The molecule has 0 radical (unpaired) electrons. The minimum absolute atomic E-state index is 0.114. The van der Waals surface area contributed by atoms with Gasteiger partial charge in [0.1, 0.15) is 5.75 Å². The molecule has 0 bridgehead atoms. The number of methoxy groups -OCH3 is 1. The lowest BCUT2D eigenvalue weighted by molar-refractivity contribution is -0.389. The van der Waals surface area contributed by atoms with Crippen molar-refractivity contribution >= 4 is 11.5 Å². The molecule has 132 valence electrons. The quantitative estimate of drug-likeness (QED) is 0.642. The number of rotatable bonds is 6. The maximum atomic E-state index is 10.7. The minimum Gasteiger partial charge on any atom is -0.496 e. The van der Waals surface area contributed by atoms with E-state index in [4.69, 9.17) is 4.74 Å². The average Bonchev–Trinajstić information content (AvgIpc) is 2.67. The Morgan fingerprint density at radius 1 is 1.28 bits per heavy atom. The van der Waals surface area contributed by atoms with E-state index in [1.807, 2.05) is 18.2 Å². The predicted octanol–water partition coefficient (Wildman–Crippen LogP) is 2.76. The molecule has 0 unspecified atom stereocenters. The van der Waals surface area contributed by atoms with E-state index in [9.17, 15) is 10.1 Å². The van der Waals surface area contributed by atoms with Crippen molar-refractivity contribution in [3.63, 3.8) is 0 Å². The fourth-order valence-electron chi connectivity index (χ4n) is 3.12. The van der Waals surface area contributed by atoms with Crippen LogP contribution in [0.25, 0.3) is 0 Å². The van der Waals surface area contributed by atoms with Crippen molar-refractivity contribution in [3.05, 3.63) is 58.3 Å². The van der Waals surface area contributed by atoms with Crippen LogP contribution in [0.4, 0.5) is 11.5 Å². The Kier molecular flexibility index (Phi) is 5.45. The van der Waals surface area contributed by atoms with Gasteiger partial charge in [0.15, 0.2) is 6.20 Å². The van der Waals surface area contributed by atoms with E-state index < -0.39 is 4.92 Å². The van der Waals surface area contributed by atoms with Crippen LogP contribution < -0.4 is 15.0 Å². The Labute approximate surface area is 146 Å². The van der Waals surface area contributed by atoms with E-state index in [1.54, 1.807) is 19.4 Å². The standard InChI is InChI=1S/C18H22N4O3/c1-25-17-5-3-2-4-14(17)12-19-15-8-10-21(11-9-15)16-6-7-18(20-13-16)22(23)24/h2-7,13,15,19H,8-12H2,1H3. The van der Waals surface area contributed by atoms with Crippen LogP contribution >= 0.6 is 0 Å². The highest BCUT2D eigenvalue weighted by Gasteiger charge is 2.20. The van der Waals surface area contributed by atoms with Gasteiger partial charge in [0, 0.05) is 37.3 Å². The molecule has 1 aromatic heterocycles. The molecule has 3 rings (SSSR count). The topological polar surface area (TPSA) is 80.5 Å². The van der Waals surface area contributed by atoms with Crippen LogP contribution in [0.5, 0.6) is 5.75 Å². The van der Waals surface area contributed by atoms with Crippen molar-refractivity contribution in [1.82, 2.24) is 10.3 Å². The zero-order valence-corrected chi connectivity index (χ0v) is 14.2. The second kappa shape index (κ2) is 7.94. The number of para-hydroxylation sites is 1. The number of ether oxygens (including phenoxy) is 1. The van der Waals surface area contributed by atoms with Gasteiger partial charge in [-0.2, -0.15) is 0 Å². The Morgan fingerprint density at radius 3 is 2.68 bits per heavy atom. The summed E-state index contributed by atoms with van der Waals surface area (Å²) in [5.41, 5.74) is 2.10. The number of hydrogen-bond donors (Lipinski definition) is 1. The van der Waals surface area contributed by atoms with Crippen LogP contribution in [-0.2, 0) is 6.54 Å². The lowest BCUT2D eigenvalue weighted by atomic mass is 10.0. The molecule has 1 saturated heterocycles. The zero-order chi connectivity index (χ0) is 17.6. The maximum absolute atomic E-state index is 10.7. The van der Waals surface area contributed by atoms with Crippen molar-refractivity contribution < 1.29 is 9.66 Å². The fourth-order valence-corrected chi connectivity index (χ4v) is 3.12. The molecule has 7 nitrogen and oxygen atoms in total. The van der Waals surface area contributed by atoms with Gasteiger partial charge in [0.05, 0.1) is 12.8 Å². The smallest absolute Gasteiger partial charge is 0.363 e. The van der Waals surface area contributed by atoms with Crippen molar-refractivity contribution in [1.29, 1.82) is 0 Å². The number of pyridine rings is 1. The summed E-state index contributed by atoms with van der Waals surface area (Å²) in [5, 5.41) is 14.3. The van der Waals surface area contributed by atoms with E-state index in [2.05, 4.69) is 21.3 Å². The van der Waals surface area contributed by atoms with Gasteiger partial charge in [-0.05, 0) is 34.9 Å². The fraction of sp³-hybridized carbons (Fsp3) is 0.389. The summed E-state index contributed by atoms with van der Waals surface area (Å²) >= 11 is 0. The summed E-state index contributed by atoms with van der Waals surface area (Å²) < 4.78 is 5.38. The molecular formula is C18H22N4O3. The summed E-state index contributed by atoms with van der Waals surface area (Å²) in [6.07, 6.45) is 3.62. The predicted molar refractivity (Wildman–Crippen MR) is 96.0 cm³/mol. The number of nitrogens with one attached hydrogen (secondary N) is 1. The molecule has 1 aromatic carbocycles. The second-order valence-corrected chi connectivity index (χ2v) is 6.09. The van der Waals surface area contributed by atoms with Crippen LogP contribution in [-0.4, -0.2) is 36.1 Å². The Balaban J connectivity index is 1.51. The van der Waals surface area contributed by atoms with Crippen LogP contribution in [0, 0.1) is 10.1 Å². The lowest BCUT2D eigenvalue weighted by Crippen LogP contribution is -2.42. The third-order valence-electron chi connectivity index (χ3n) is 4.55. The van der Waals surface area contributed by atoms with Crippen LogP contribution in [0.1, 0.15) is 18.4 Å². The molecule has 0 spiro atoms. The van der Waals surface area contributed by atoms with Crippen molar-refractivity contribution in [2.24, 2.45) is 0 Å². The highest BCUT2D eigenvalue weighted by molar-refractivity contribution is 5.46. The van der Waals surface area contributed by atoms with Crippen LogP contribution in [0.3, 0.4) is 0 Å². The van der Waals surface area contributed by atoms with Gasteiger partial charge in [-0.15, -0.1) is 0 Å². The van der Waals surface area contributed by atoms with Gasteiger partial charge < -0.3 is 25.1 Å². The molecule has 0 atom stereocenters. The molecule has 1 aliphatic heterocycles. The minimum atomic E-state index is -0.474.